The average Bonchev–Trinajstić information content (AvgIpc) is 2.78. The number of unbranched alkanes of at least 4 members (excludes halogenated alkanes) is 12. The molecule has 0 aliphatic carbocycles. The molecule has 0 radical (unpaired) electrons. The summed E-state index contributed by atoms with van der Waals surface area (Å²) in [5.41, 5.74) is 1.49. The lowest BCUT2D eigenvalue weighted by atomic mass is 10.1. The van der Waals surface area contributed by atoms with Gasteiger partial charge in [-0.15, -0.1) is 0 Å². The molecule has 0 saturated heterocycles. The molecular formula is C29H52N+. The Bertz CT molecular complexity index is 500. The van der Waals surface area contributed by atoms with Crippen molar-refractivity contribution in [2.75, 3.05) is 19.6 Å². The van der Waals surface area contributed by atoms with Gasteiger partial charge in [-0.2, -0.15) is 0 Å². The molecule has 0 aliphatic rings. The fourth-order valence-electron chi connectivity index (χ4n) is 4.51. The molecule has 172 valence electrons. The van der Waals surface area contributed by atoms with Gasteiger partial charge in [-0.3, -0.25) is 0 Å². The van der Waals surface area contributed by atoms with E-state index in [1.807, 2.05) is 0 Å². The predicted octanol–water partition coefficient (Wildman–Crippen LogP) is 9.08. The van der Waals surface area contributed by atoms with Crippen molar-refractivity contribution in [3.05, 3.63) is 48.0 Å². The molecule has 0 unspecified atom stereocenters. The van der Waals surface area contributed by atoms with Crippen LogP contribution in [0.3, 0.4) is 0 Å². The largest absolute Gasteiger partial charge is 0.320 e. The van der Waals surface area contributed by atoms with Gasteiger partial charge in [0.1, 0.15) is 6.54 Å². The topological polar surface area (TPSA) is 0 Å². The molecule has 0 atom stereocenters. The maximum Gasteiger partial charge on any atom is 0.104 e. The minimum atomic E-state index is 1.19. The van der Waals surface area contributed by atoms with Crippen molar-refractivity contribution in [2.24, 2.45) is 0 Å². The van der Waals surface area contributed by atoms with Gasteiger partial charge in [0, 0.05) is 5.56 Å². The van der Waals surface area contributed by atoms with Crippen LogP contribution in [-0.4, -0.2) is 24.1 Å². The Balaban J connectivity index is 2.00. The van der Waals surface area contributed by atoms with Gasteiger partial charge < -0.3 is 4.48 Å². The van der Waals surface area contributed by atoms with Crippen LogP contribution >= 0.6 is 0 Å². The first-order valence-corrected chi connectivity index (χ1v) is 13.3. The number of hydrogen-bond acceptors (Lipinski definition) is 0. The first kappa shape index (κ1) is 27.0. The van der Waals surface area contributed by atoms with Crippen molar-refractivity contribution in [2.45, 2.75) is 117 Å². The molecular weight excluding hydrogens is 362 g/mol. The maximum absolute atomic E-state index is 2.43. The van der Waals surface area contributed by atoms with Gasteiger partial charge in [-0.25, -0.2) is 0 Å². The normalized spacial score (nSPS) is 12.1. The lowest BCUT2D eigenvalue weighted by Gasteiger charge is -2.37. The van der Waals surface area contributed by atoms with Crippen LogP contribution in [-0.2, 0) is 6.54 Å². The van der Waals surface area contributed by atoms with E-state index in [0.29, 0.717) is 0 Å². The summed E-state index contributed by atoms with van der Waals surface area (Å²) in [5.74, 6) is 0. The molecule has 0 fully saturated rings. The Morgan fingerprint density at radius 2 is 1.10 bits per heavy atom. The predicted molar refractivity (Wildman–Crippen MR) is 136 cm³/mol. The van der Waals surface area contributed by atoms with Gasteiger partial charge in [0.05, 0.1) is 19.6 Å². The van der Waals surface area contributed by atoms with Gasteiger partial charge in [-0.05, 0) is 52.4 Å². The summed E-state index contributed by atoms with van der Waals surface area (Å²) in [6, 6.07) is 11.1. The summed E-state index contributed by atoms with van der Waals surface area (Å²) in [6.45, 7) is 12.0. The van der Waals surface area contributed by atoms with E-state index in [1.54, 1.807) is 0 Å². The molecule has 1 aromatic rings. The second-order valence-electron chi connectivity index (χ2n) is 9.28. The van der Waals surface area contributed by atoms with E-state index in [1.165, 1.54) is 126 Å². The van der Waals surface area contributed by atoms with Crippen LogP contribution < -0.4 is 0 Å². The highest BCUT2D eigenvalue weighted by Crippen LogP contribution is 2.17. The number of rotatable bonds is 20. The van der Waals surface area contributed by atoms with Crippen molar-refractivity contribution in [3.63, 3.8) is 0 Å². The van der Waals surface area contributed by atoms with E-state index in [0.717, 1.165) is 0 Å². The van der Waals surface area contributed by atoms with Gasteiger partial charge in [0.15, 0.2) is 0 Å². The van der Waals surface area contributed by atoms with E-state index in [4.69, 9.17) is 0 Å². The third kappa shape index (κ3) is 13.3. The van der Waals surface area contributed by atoms with Gasteiger partial charge in [-0.1, -0.05) is 101 Å². The van der Waals surface area contributed by atoms with Gasteiger partial charge in [0.2, 0.25) is 0 Å². The molecule has 0 saturated carbocycles. The first-order chi connectivity index (χ1) is 14.8. The molecule has 0 heterocycles. The average molecular weight is 415 g/mol. The SMILES string of the molecule is CCCCCCCC/C=C\CCCCCCCC[N+](CC)(CC)Cc1ccccc1. The van der Waals surface area contributed by atoms with Crippen LogP contribution in [0, 0.1) is 0 Å². The lowest BCUT2D eigenvalue weighted by Crippen LogP contribution is -2.47. The Hall–Kier alpha value is -1.08. The molecule has 0 aromatic heterocycles. The Labute approximate surface area is 189 Å². The number of hydrogen-bond donors (Lipinski definition) is 0. The monoisotopic (exact) mass is 414 g/mol. The maximum atomic E-state index is 2.43. The quantitative estimate of drug-likeness (QED) is 0.113. The lowest BCUT2D eigenvalue weighted by molar-refractivity contribution is -0.938. The highest BCUT2D eigenvalue weighted by Gasteiger charge is 2.22. The van der Waals surface area contributed by atoms with Crippen molar-refractivity contribution < 1.29 is 4.48 Å². The van der Waals surface area contributed by atoms with Crippen LogP contribution in [0.25, 0.3) is 0 Å². The third-order valence-electron chi connectivity index (χ3n) is 6.85. The molecule has 1 heteroatoms. The zero-order chi connectivity index (χ0) is 21.8. The highest BCUT2D eigenvalue weighted by molar-refractivity contribution is 5.13. The van der Waals surface area contributed by atoms with Crippen LogP contribution in [0.1, 0.15) is 116 Å². The molecule has 30 heavy (non-hydrogen) atoms. The van der Waals surface area contributed by atoms with Crippen molar-refractivity contribution in [1.82, 2.24) is 0 Å². The number of allylic oxidation sites excluding steroid dienone is 2. The first-order valence-electron chi connectivity index (χ1n) is 13.3. The summed E-state index contributed by atoms with van der Waals surface area (Å²) in [6.07, 6.45) is 24.3. The molecule has 0 bridgehead atoms. The van der Waals surface area contributed by atoms with E-state index in [-0.39, 0.29) is 0 Å². The zero-order valence-corrected chi connectivity index (χ0v) is 20.7. The number of quaternary nitrogens is 1. The van der Waals surface area contributed by atoms with E-state index >= 15 is 0 Å². The molecule has 1 rings (SSSR count). The molecule has 0 aliphatic heterocycles. The van der Waals surface area contributed by atoms with Gasteiger partial charge >= 0.3 is 0 Å². The zero-order valence-electron chi connectivity index (χ0n) is 20.7. The summed E-state index contributed by atoms with van der Waals surface area (Å²) in [7, 11) is 0. The second kappa shape index (κ2) is 18.7. The van der Waals surface area contributed by atoms with E-state index in [2.05, 4.69) is 63.3 Å². The molecule has 0 spiro atoms. The van der Waals surface area contributed by atoms with Crippen LogP contribution in [0.4, 0.5) is 0 Å². The Morgan fingerprint density at radius 1 is 0.600 bits per heavy atom. The van der Waals surface area contributed by atoms with E-state index < -0.39 is 0 Å². The number of benzene rings is 1. The van der Waals surface area contributed by atoms with Gasteiger partial charge in [0.25, 0.3) is 0 Å². The van der Waals surface area contributed by atoms with Crippen molar-refractivity contribution in [1.29, 1.82) is 0 Å². The summed E-state index contributed by atoms with van der Waals surface area (Å²) in [4.78, 5) is 0. The highest BCUT2D eigenvalue weighted by atomic mass is 15.3. The summed E-state index contributed by atoms with van der Waals surface area (Å²) >= 11 is 0. The fraction of sp³-hybridized carbons (Fsp3) is 0.724. The number of nitrogens with zero attached hydrogens (tertiary/aromatic N) is 1. The van der Waals surface area contributed by atoms with Crippen LogP contribution in [0.2, 0.25) is 0 Å². The Morgan fingerprint density at radius 3 is 1.63 bits per heavy atom. The van der Waals surface area contributed by atoms with Crippen molar-refractivity contribution in [3.8, 4) is 0 Å². The standard InChI is InChI=1S/C29H52N/c1-4-7-8-9-10-11-12-13-14-15-16-17-18-19-20-24-27-30(5-2,6-3)28-29-25-22-21-23-26-29/h13-14,21-23,25-26H,4-12,15-20,24,27-28H2,1-3H3/q+1/b14-13-. The second-order valence-corrected chi connectivity index (χ2v) is 9.28. The fourth-order valence-corrected chi connectivity index (χ4v) is 4.51. The van der Waals surface area contributed by atoms with E-state index in [9.17, 15) is 0 Å². The summed E-state index contributed by atoms with van der Waals surface area (Å²) < 4.78 is 1.24. The molecule has 1 aromatic carbocycles. The summed E-state index contributed by atoms with van der Waals surface area (Å²) in [5, 5.41) is 0. The van der Waals surface area contributed by atoms with Crippen molar-refractivity contribution >= 4 is 0 Å². The van der Waals surface area contributed by atoms with Crippen LogP contribution in [0.5, 0.6) is 0 Å². The van der Waals surface area contributed by atoms with Crippen LogP contribution in [0.15, 0.2) is 42.5 Å². The Kier molecular flexibility index (Phi) is 16.8. The smallest absolute Gasteiger partial charge is 0.104 e. The third-order valence-corrected chi connectivity index (χ3v) is 6.85. The molecule has 0 amide bonds. The molecule has 1 nitrogen and oxygen atoms in total. The minimum absolute atomic E-state index is 1.19. The minimum Gasteiger partial charge on any atom is -0.320 e. The molecule has 0 N–H and O–H groups in total.